The fourth-order valence-electron chi connectivity index (χ4n) is 6.01. The summed E-state index contributed by atoms with van der Waals surface area (Å²) in [7, 11) is -1.62. The Morgan fingerprint density at radius 2 is 0.812 bits per heavy atom. The number of aromatic carboxylic acids is 2. The van der Waals surface area contributed by atoms with E-state index < -0.39 is 20.0 Å². The Bertz CT molecular complexity index is 2120. The van der Waals surface area contributed by atoms with Gasteiger partial charge in [0.1, 0.15) is 0 Å². The zero-order valence-corrected chi connectivity index (χ0v) is 29.3. The van der Waals surface area contributed by atoms with E-state index in [0.717, 1.165) is 21.5 Å². The van der Waals surface area contributed by atoms with Gasteiger partial charge in [-0.1, -0.05) is 98.0 Å². The van der Waals surface area contributed by atoms with E-state index in [9.17, 15) is 9.59 Å². The molecule has 8 rings (SSSR count). The van der Waals surface area contributed by atoms with E-state index >= 15 is 0 Å². The first-order chi connectivity index (χ1) is 22.7. The zero-order chi connectivity index (χ0) is 33.0. The summed E-state index contributed by atoms with van der Waals surface area (Å²) in [6, 6.07) is 52.4. The van der Waals surface area contributed by atoms with Gasteiger partial charge in [0.25, 0.3) is 0 Å². The van der Waals surface area contributed by atoms with E-state index in [-0.39, 0.29) is 21.7 Å². The van der Waals surface area contributed by atoms with Crippen LogP contribution in [0.2, 0.25) is 13.1 Å². The second-order valence-electron chi connectivity index (χ2n) is 12.0. The van der Waals surface area contributed by atoms with Gasteiger partial charge in [0, 0.05) is 0 Å². The molecule has 0 aromatic heterocycles. The molecule has 0 radical (unpaired) electrons. The van der Waals surface area contributed by atoms with Crippen molar-refractivity contribution in [3.05, 3.63) is 169 Å². The first-order valence-electron chi connectivity index (χ1n) is 15.5. The van der Waals surface area contributed by atoms with Crippen LogP contribution in [0.4, 0.5) is 0 Å². The summed E-state index contributed by atoms with van der Waals surface area (Å²) in [5, 5.41) is 29.8. The molecule has 0 amide bonds. The zero-order valence-electron chi connectivity index (χ0n) is 26.7. The number of rotatable bonds is 4. The Hall–Kier alpha value is -5.07. The SMILES string of the molecule is C[Si](C)(c1cc2ccccc2[cH-]1)c1cc2ccccc2[cH-]1.O=C(O)c1cccc2ccccc12.O=C(O)c1cccc2ccccc12.[Ti+2]. The van der Waals surface area contributed by atoms with Gasteiger partial charge in [-0.2, -0.15) is 22.9 Å². The van der Waals surface area contributed by atoms with Crippen LogP contribution in [0.25, 0.3) is 43.1 Å². The molecular weight excluding hydrogens is 644 g/mol. The molecule has 0 heterocycles. The molecular formula is C42H34O4SiTi. The molecule has 0 atom stereocenters. The second-order valence-corrected chi connectivity index (χ2v) is 16.4. The van der Waals surface area contributed by atoms with E-state index in [1.54, 1.807) is 24.3 Å². The topological polar surface area (TPSA) is 74.6 Å². The van der Waals surface area contributed by atoms with Crippen LogP contribution in [0.1, 0.15) is 20.7 Å². The molecule has 4 nitrogen and oxygen atoms in total. The van der Waals surface area contributed by atoms with Crippen molar-refractivity contribution in [2.24, 2.45) is 0 Å². The van der Waals surface area contributed by atoms with Gasteiger partial charge < -0.3 is 10.2 Å². The summed E-state index contributed by atoms with van der Waals surface area (Å²) < 4.78 is 0. The molecule has 48 heavy (non-hydrogen) atoms. The maximum atomic E-state index is 10.8. The standard InChI is InChI=1S/C20H18Si.2C11H8O2.Ti/c1-21(2,19-11-15-7-3-4-8-16(15)12-19)20-13-17-9-5-6-10-18(17)14-20;2*12-11(13)10-7-3-5-8-4-1-2-6-9(8)10;/h3-14H,1-2H3;2*1-7H,(H,12,13);/q-2;;;+2. The Labute approximate surface area is 295 Å². The largest absolute Gasteiger partial charge is 2.00 e. The Morgan fingerprint density at radius 3 is 1.19 bits per heavy atom. The van der Waals surface area contributed by atoms with Crippen molar-refractivity contribution in [3.8, 4) is 0 Å². The minimum absolute atomic E-state index is 0. The van der Waals surface area contributed by atoms with Crippen molar-refractivity contribution in [3.63, 3.8) is 0 Å². The van der Waals surface area contributed by atoms with Crippen molar-refractivity contribution in [2.75, 3.05) is 0 Å². The van der Waals surface area contributed by atoms with Crippen molar-refractivity contribution in [1.29, 1.82) is 0 Å². The Kier molecular flexibility index (Phi) is 10.6. The van der Waals surface area contributed by atoms with Crippen LogP contribution in [0.15, 0.2) is 158 Å². The van der Waals surface area contributed by atoms with Crippen molar-refractivity contribution in [2.45, 2.75) is 13.1 Å². The summed E-state index contributed by atoms with van der Waals surface area (Å²) in [5.41, 5.74) is 0.719. The van der Waals surface area contributed by atoms with Crippen molar-refractivity contribution in [1.82, 2.24) is 0 Å². The van der Waals surface area contributed by atoms with E-state index in [0.29, 0.717) is 11.1 Å². The van der Waals surface area contributed by atoms with Gasteiger partial charge in [-0.15, -0.1) is 69.7 Å². The molecule has 2 N–H and O–H groups in total. The molecule has 8 aromatic carbocycles. The predicted octanol–water partition coefficient (Wildman–Crippen LogP) is 9.33. The minimum Gasteiger partial charge on any atom is -0.478 e. The van der Waals surface area contributed by atoms with Crippen LogP contribution in [-0.2, 0) is 21.7 Å². The Morgan fingerprint density at radius 1 is 0.479 bits per heavy atom. The average Bonchev–Trinajstić information content (AvgIpc) is 3.74. The first-order valence-corrected chi connectivity index (χ1v) is 18.5. The van der Waals surface area contributed by atoms with E-state index in [1.165, 1.54) is 31.9 Å². The van der Waals surface area contributed by atoms with Crippen LogP contribution in [0, 0.1) is 0 Å². The average molecular weight is 679 g/mol. The second kappa shape index (κ2) is 14.8. The molecule has 0 aliphatic heterocycles. The molecule has 0 aliphatic rings. The quantitative estimate of drug-likeness (QED) is 0.144. The summed E-state index contributed by atoms with van der Waals surface area (Å²) in [5.74, 6) is -1.76. The smallest absolute Gasteiger partial charge is 0.478 e. The minimum atomic E-state index is -1.62. The molecule has 0 fully saturated rings. The fourth-order valence-corrected chi connectivity index (χ4v) is 8.41. The summed E-state index contributed by atoms with van der Waals surface area (Å²) in [4.78, 5) is 21.6. The molecule has 0 saturated heterocycles. The monoisotopic (exact) mass is 678 g/mol. The molecule has 234 valence electrons. The molecule has 0 spiro atoms. The summed E-state index contributed by atoms with van der Waals surface area (Å²) >= 11 is 0. The number of carbonyl (C=O) groups is 2. The van der Waals surface area contributed by atoms with Crippen molar-refractivity contribution < 1.29 is 41.5 Å². The van der Waals surface area contributed by atoms with Gasteiger partial charge >= 0.3 is 33.7 Å². The molecule has 0 saturated carbocycles. The maximum absolute atomic E-state index is 10.8. The number of fused-ring (bicyclic) bond motifs is 4. The third-order valence-corrected chi connectivity index (χ3v) is 12.2. The van der Waals surface area contributed by atoms with E-state index in [1.807, 2.05) is 60.7 Å². The molecule has 8 aromatic rings. The summed E-state index contributed by atoms with van der Waals surface area (Å²) in [6.45, 7) is 4.91. The Balaban J connectivity index is 0.000000146. The van der Waals surface area contributed by atoms with Crippen LogP contribution in [0.5, 0.6) is 0 Å². The van der Waals surface area contributed by atoms with Gasteiger partial charge in [0.05, 0.1) is 19.2 Å². The van der Waals surface area contributed by atoms with Crippen LogP contribution in [-0.4, -0.2) is 30.2 Å². The van der Waals surface area contributed by atoms with Crippen LogP contribution >= 0.6 is 0 Å². The van der Waals surface area contributed by atoms with Crippen LogP contribution < -0.4 is 10.4 Å². The maximum Gasteiger partial charge on any atom is 2.00 e. The normalized spacial score (nSPS) is 10.9. The number of hydrogen-bond acceptors (Lipinski definition) is 2. The third kappa shape index (κ3) is 7.24. The third-order valence-electron chi connectivity index (χ3n) is 8.72. The van der Waals surface area contributed by atoms with Gasteiger partial charge in [-0.05, 0) is 33.7 Å². The van der Waals surface area contributed by atoms with Crippen molar-refractivity contribution >= 4 is 73.5 Å². The number of benzene rings is 6. The van der Waals surface area contributed by atoms with Gasteiger partial charge in [-0.3, -0.25) is 0 Å². The van der Waals surface area contributed by atoms with Gasteiger partial charge in [0.2, 0.25) is 0 Å². The predicted molar refractivity (Wildman–Crippen MR) is 198 cm³/mol. The molecule has 6 heteroatoms. The molecule has 0 unspecified atom stereocenters. The number of carboxylic acids is 2. The first kappa shape index (κ1) is 34.3. The molecule has 0 bridgehead atoms. The number of hydrogen-bond donors (Lipinski definition) is 2. The summed E-state index contributed by atoms with van der Waals surface area (Å²) in [6.07, 6.45) is 0. The number of carboxylic acid groups (broad SMARTS) is 2. The fraction of sp³-hybridized carbons (Fsp3) is 0.0476. The van der Waals surface area contributed by atoms with Gasteiger partial charge in [0.15, 0.2) is 0 Å². The molecule has 0 aliphatic carbocycles. The van der Waals surface area contributed by atoms with E-state index in [4.69, 9.17) is 10.2 Å². The van der Waals surface area contributed by atoms with Gasteiger partial charge in [-0.25, -0.2) is 9.59 Å². The van der Waals surface area contributed by atoms with Crippen LogP contribution in [0.3, 0.4) is 0 Å². The van der Waals surface area contributed by atoms with E-state index in [2.05, 4.69) is 85.9 Å².